The van der Waals surface area contributed by atoms with Gasteiger partial charge in [-0.2, -0.15) is 13.2 Å². The molecule has 6 heteroatoms. The maximum Gasteiger partial charge on any atom is 0.416 e. The molecule has 0 aromatic heterocycles. The largest absolute Gasteiger partial charge is 0.460 e. The summed E-state index contributed by atoms with van der Waals surface area (Å²) in [5.41, 5.74) is -0.342. The maximum absolute atomic E-state index is 12.9. The van der Waals surface area contributed by atoms with E-state index in [1.807, 2.05) is 6.92 Å². The highest BCUT2D eigenvalue weighted by atomic mass is 19.4. The lowest BCUT2D eigenvalue weighted by atomic mass is 9.72. The molecule has 1 N–H and O–H groups in total. The second-order valence-corrected chi connectivity index (χ2v) is 8.68. The molecule has 2 saturated carbocycles. The summed E-state index contributed by atoms with van der Waals surface area (Å²) in [4.78, 5) is 11.5. The highest BCUT2D eigenvalue weighted by Crippen LogP contribution is 2.42. The Labute approximate surface area is 165 Å². The zero-order valence-electron chi connectivity index (χ0n) is 16.6. The fraction of sp³-hybridized carbons (Fsp3) is 0.682. The van der Waals surface area contributed by atoms with E-state index < -0.39 is 17.3 Å². The van der Waals surface area contributed by atoms with Crippen LogP contribution < -0.4 is 5.32 Å². The predicted octanol–water partition coefficient (Wildman–Crippen LogP) is 5.44. The first kappa shape index (κ1) is 21.2. The van der Waals surface area contributed by atoms with Crippen molar-refractivity contribution >= 4 is 5.97 Å². The standard InChI is InChI=1S/C22H30F3NO2/c1-15(27)28-21(2)12-11-20(26-14-16-5-3-4-6-16)19(13-21)17-7-9-18(10-8-17)22(23,24)25/h7-10,16,19-20,26H,3-6,11-14H2,1-2H3/t19-,20+,21+/m0/s1. The fourth-order valence-corrected chi connectivity index (χ4v) is 4.86. The van der Waals surface area contributed by atoms with Gasteiger partial charge >= 0.3 is 12.1 Å². The normalized spacial score (nSPS) is 29.0. The van der Waals surface area contributed by atoms with Crippen molar-refractivity contribution in [3.05, 3.63) is 35.4 Å². The molecule has 1 aromatic carbocycles. The zero-order chi connectivity index (χ0) is 20.4. The molecule has 0 aliphatic heterocycles. The van der Waals surface area contributed by atoms with E-state index in [9.17, 15) is 18.0 Å². The number of benzene rings is 1. The number of carbonyl (C=O) groups is 1. The third-order valence-electron chi connectivity index (χ3n) is 6.32. The molecule has 0 radical (unpaired) electrons. The molecule has 1 aromatic rings. The minimum absolute atomic E-state index is 0.0155. The molecule has 2 aliphatic rings. The number of hydrogen-bond donors (Lipinski definition) is 1. The Morgan fingerprint density at radius 1 is 1.18 bits per heavy atom. The number of ether oxygens (including phenoxy) is 1. The molecular formula is C22H30F3NO2. The highest BCUT2D eigenvalue weighted by molar-refractivity contribution is 5.66. The smallest absolute Gasteiger partial charge is 0.416 e. The summed E-state index contributed by atoms with van der Waals surface area (Å²) in [6.45, 7) is 4.29. The summed E-state index contributed by atoms with van der Waals surface area (Å²) in [6, 6.07) is 5.65. The van der Waals surface area contributed by atoms with Crippen LogP contribution in [-0.4, -0.2) is 24.2 Å². The second-order valence-electron chi connectivity index (χ2n) is 8.68. The lowest BCUT2D eigenvalue weighted by Crippen LogP contribution is -2.47. The first-order chi connectivity index (χ1) is 13.2. The summed E-state index contributed by atoms with van der Waals surface area (Å²) in [6.07, 6.45) is 2.92. The molecule has 0 unspecified atom stereocenters. The van der Waals surface area contributed by atoms with Crippen LogP contribution in [0.15, 0.2) is 24.3 Å². The molecule has 2 aliphatic carbocycles. The minimum atomic E-state index is -4.34. The van der Waals surface area contributed by atoms with Crippen molar-refractivity contribution < 1.29 is 22.7 Å². The van der Waals surface area contributed by atoms with Gasteiger partial charge in [-0.25, -0.2) is 0 Å². The van der Waals surface area contributed by atoms with Crippen LogP contribution in [0, 0.1) is 5.92 Å². The Morgan fingerprint density at radius 2 is 1.82 bits per heavy atom. The molecule has 3 rings (SSSR count). The number of esters is 1. The average Bonchev–Trinajstić information content (AvgIpc) is 3.13. The van der Waals surface area contributed by atoms with Crippen molar-refractivity contribution in [2.24, 2.45) is 5.92 Å². The Morgan fingerprint density at radius 3 is 2.39 bits per heavy atom. The van der Waals surface area contributed by atoms with Crippen molar-refractivity contribution in [2.45, 2.75) is 82.5 Å². The molecular weight excluding hydrogens is 367 g/mol. The predicted molar refractivity (Wildman–Crippen MR) is 102 cm³/mol. The fourth-order valence-electron chi connectivity index (χ4n) is 4.86. The van der Waals surface area contributed by atoms with E-state index in [-0.39, 0.29) is 17.9 Å². The van der Waals surface area contributed by atoms with Gasteiger partial charge in [0.2, 0.25) is 0 Å². The minimum Gasteiger partial charge on any atom is -0.460 e. The summed E-state index contributed by atoms with van der Waals surface area (Å²) in [5.74, 6) is 0.392. The van der Waals surface area contributed by atoms with Crippen LogP contribution in [0.3, 0.4) is 0 Å². The molecule has 28 heavy (non-hydrogen) atoms. The van der Waals surface area contributed by atoms with Gasteiger partial charge in [0.25, 0.3) is 0 Å². The van der Waals surface area contributed by atoms with Crippen molar-refractivity contribution in [2.75, 3.05) is 6.54 Å². The van der Waals surface area contributed by atoms with Gasteiger partial charge in [-0.15, -0.1) is 0 Å². The molecule has 3 atom stereocenters. The van der Waals surface area contributed by atoms with E-state index in [1.54, 1.807) is 12.1 Å². The third-order valence-corrected chi connectivity index (χ3v) is 6.32. The van der Waals surface area contributed by atoms with Crippen LogP contribution in [0.1, 0.15) is 75.8 Å². The quantitative estimate of drug-likeness (QED) is 0.672. The van der Waals surface area contributed by atoms with Crippen molar-refractivity contribution in [3.8, 4) is 0 Å². The van der Waals surface area contributed by atoms with Gasteiger partial charge < -0.3 is 10.1 Å². The first-order valence-electron chi connectivity index (χ1n) is 10.3. The zero-order valence-corrected chi connectivity index (χ0v) is 16.6. The lowest BCUT2D eigenvalue weighted by Gasteiger charge is -2.43. The number of alkyl halides is 3. The molecule has 0 saturated heterocycles. The summed E-state index contributed by atoms with van der Waals surface area (Å²) in [7, 11) is 0. The van der Waals surface area contributed by atoms with Crippen molar-refractivity contribution in [1.82, 2.24) is 5.32 Å². The van der Waals surface area contributed by atoms with Gasteiger partial charge in [-0.1, -0.05) is 25.0 Å². The van der Waals surface area contributed by atoms with Gasteiger partial charge in [0.05, 0.1) is 5.56 Å². The van der Waals surface area contributed by atoms with Crippen LogP contribution in [0.4, 0.5) is 13.2 Å². The van der Waals surface area contributed by atoms with Gasteiger partial charge in [0.1, 0.15) is 5.60 Å². The van der Waals surface area contributed by atoms with Crippen LogP contribution in [-0.2, 0) is 15.7 Å². The topological polar surface area (TPSA) is 38.3 Å². The van der Waals surface area contributed by atoms with E-state index in [0.29, 0.717) is 12.3 Å². The lowest BCUT2D eigenvalue weighted by molar-refractivity contribution is -0.159. The highest BCUT2D eigenvalue weighted by Gasteiger charge is 2.41. The van der Waals surface area contributed by atoms with Gasteiger partial charge in [0.15, 0.2) is 0 Å². The Kier molecular flexibility index (Phi) is 6.37. The van der Waals surface area contributed by atoms with Crippen LogP contribution >= 0.6 is 0 Å². The molecule has 3 nitrogen and oxygen atoms in total. The summed E-state index contributed by atoms with van der Waals surface area (Å²) < 4.78 is 44.4. The summed E-state index contributed by atoms with van der Waals surface area (Å²) in [5, 5.41) is 3.69. The number of halogens is 3. The van der Waals surface area contributed by atoms with Gasteiger partial charge in [-0.05, 0) is 69.2 Å². The van der Waals surface area contributed by atoms with Crippen LogP contribution in [0.25, 0.3) is 0 Å². The number of carbonyl (C=O) groups excluding carboxylic acids is 1. The van der Waals surface area contributed by atoms with Crippen molar-refractivity contribution in [3.63, 3.8) is 0 Å². The Hall–Kier alpha value is -1.56. The third kappa shape index (κ3) is 5.28. The number of rotatable bonds is 5. The van der Waals surface area contributed by atoms with E-state index in [0.717, 1.165) is 37.1 Å². The van der Waals surface area contributed by atoms with E-state index in [2.05, 4.69) is 5.32 Å². The number of hydrogen-bond acceptors (Lipinski definition) is 3. The van der Waals surface area contributed by atoms with Crippen molar-refractivity contribution in [1.29, 1.82) is 0 Å². The number of nitrogens with one attached hydrogen (secondary N) is 1. The van der Waals surface area contributed by atoms with Crippen LogP contribution in [0.5, 0.6) is 0 Å². The first-order valence-corrected chi connectivity index (χ1v) is 10.3. The van der Waals surface area contributed by atoms with E-state index >= 15 is 0 Å². The Balaban J connectivity index is 1.77. The SMILES string of the molecule is CC(=O)O[C@]1(C)CC[C@@H](NCC2CCCC2)[C@H](c2ccc(C(F)(F)F)cc2)C1. The van der Waals surface area contributed by atoms with Gasteiger partial charge in [-0.3, -0.25) is 4.79 Å². The summed E-state index contributed by atoms with van der Waals surface area (Å²) >= 11 is 0. The molecule has 0 bridgehead atoms. The second kappa shape index (κ2) is 8.44. The monoisotopic (exact) mass is 397 g/mol. The van der Waals surface area contributed by atoms with E-state index in [4.69, 9.17) is 4.74 Å². The molecule has 0 spiro atoms. The van der Waals surface area contributed by atoms with Gasteiger partial charge in [0, 0.05) is 18.9 Å². The van der Waals surface area contributed by atoms with Crippen LogP contribution in [0.2, 0.25) is 0 Å². The average molecular weight is 397 g/mol. The maximum atomic E-state index is 12.9. The molecule has 0 amide bonds. The molecule has 0 heterocycles. The van der Waals surface area contributed by atoms with E-state index in [1.165, 1.54) is 32.6 Å². The molecule has 156 valence electrons. The molecule has 2 fully saturated rings. The Bertz CT molecular complexity index is 667.